The van der Waals surface area contributed by atoms with Crippen LogP contribution in [0, 0.1) is 18.6 Å². The number of alkyl halides is 3. The molecule has 0 unspecified atom stereocenters. The first-order valence-electron chi connectivity index (χ1n) is 11.8. The minimum absolute atomic E-state index is 0.00357. The summed E-state index contributed by atoms with van der Waals surface area (Å²) >= 11 is 11.7. The van der Waals surface area contributed by atoms with Crippen molar-refractivity contribution >= 4 is 23.2 Å². The van der Waals surface area contributed by atoms with Gasteiger partial charge in [-0.1, -0.05) is 28.4 Å². The molecule has 3 N–H and O–H groups in total. The Labute approximate surface area is 237 Å². The minimum atomic E-state index is -4.82. The first-order valence-corrected chi connectivity index (χ1v) is 12.6. The SMILES string of the molecule is Cc1nc([C@@H]2O[C@H](CO)[C@H](O)[C@H](n3cc(-c4c(F)cc(Cl)cc4F)nn3)[C@H]2O)n(-c2cc(Cl)ccc2C(F)(F)F)n1. The van der Waals surface area contributed by atoms with Crippen LogP contribution in [0.4, 0.5) is 22.0 Å². The standard InChI is InChI=1S/C24H19Cl2F5N6O4/c1-9-32-23(37(34-9)16-6-10(25)2-3-12(16)24(29,30)31)22-21(40)19(20(39)17(8-38)41-22)36-7-15(33-35-36)18-13(27)4-11(26)5-14(18)28/h2-7,17,19-22,38-40H,8H2,1H3/t17-,19+,20+,21-,22-/m1/s1. The van der Waals surface area contributed by atoms with Crippen LogP contribution in [0.2, 0.25) is 10.0 Å². The summed E-state index contributed by atoms with van der Waals surface area (Å²) in [5.41, 5.74) is -2.52. The maximum absolute atomic E-state index is 14.5. The number of ether oxygens (including phenoxy) is 1. The van der Waals surface area contributed by atoms with Crippen molar-refractivity contribution in [2.75, 3.05) is 6.61 Å². The van der Waals surface area contributed by atoms with Crippen molar-refractivity contribution in [1.82, 2.24) is 29.8 Å². The first kappa shape index (κ1) is 29.3. The molecule has 10 nitrogen and oxygen atoms in total. The molecule has 0 saturated carbocycles. The van der Waals surface area contributed by atoms with Crippen LogP contribution < -0.4 is 0 Å². The lowest BCUT2D eigenvalue weighted by Gasteiger charge is -2.41. The fourth-order valence-electron chi connectivity index (χ4n) is 4.66. The monoisotopic (exact) mass is 620 g/mol. The number of aromatic nitrogens is 6. The summed E-state index contributed by atoms with van der Waals surface area (Å²) in [7, 11) is 0. The number of hydrogen-bond donors (Lipinski definition) is 3. The first-order chi connectivity index (χ1) is 19.3. The Bertz CT molecular complexity index is 1580. The topological polar surface area (TPSA) is 131 Å². The van der Waals surface area contributed by atoms with Crippen LogP contribution >= 0.6 is 23.2 Å². The number of aliphatic hydroxyl groups excluding tert-OH is 3. The molecule has 0 bridgehead atoms. The van der Waals surface area contributed by atoms with Crippen molar-refractivity contribution in [3.05, 3.63) is 75.4 Å². The summed E-state index contributed by atoms with van der Waals surface area (Å²) in [5, 5.41) is 43.5. The maximum Gasteiger partial charge on any atom is 0.418 e. The molecule has 218 valence electrons. The zero-order chi connectivity index (χ0) is 29.8. The van der Waals surface area contributed by atoms with E-state index in [1.165, 1.54) is 6.92 Å². The Morgan fingerprint density at radius 1 is 1.02 bits per heavy atom. The number of hydrogen-bond acceptors (Lipinski definition) is 8. The molecule has 0 aliphatic carbocycles. The number of aliphatic hydroxyl groups is 3. The van der Waals surface area contributed by atoms with Gasteiger partial charge in [0.2, 0.25) is 0 Å². The molecule has 0 radical (unpaired) electrons. The molecule has 3 heterocycles. The highest BCUT2D eigenvalue weighted by Crippen LogP contribution is 2.41. The lowest BCUT2D eigenvalue weighted by molar-refractivity contribution is -0.210. The van der Waals surface area contributed by atoms with E-state index in [-0.39, 0.29) is 27.4 Å². The van der Waals surface area contributed by atoms with Gasteiger partial charge in [0.05, 0.1) is 29.6 Å². The van der Waals surface area contributed by atoms with Crippen molar-refractivity contribution in [3.63, 3.8) is 0 Å². The van der Waals surface area contributed by atoms with Crippen molar-refractivity contribution in [3.8, 4) is 16.9 Å². The summed E-state index contributed by atoms with van der Waals surface area (Å²) in [6.45, 7) is 0.600. The average Bonchev–Trinajstić information content (AvgIpc) is 3.50. The van der Waals surface area contributed by atoms with E-state index in [2.05, 4.69) is 20.4 Å². The molecule has 1 fully saturated rings. The van der Waals surface area contributed by atoms with E-state index < -0.39 is 71.7 Å². The minimum Gasteiger partial charge on any atom is -0.394 e. The number of aryl methyl sites for hydroxylation is 1. The third-order valence-electron chi connectivity index (χ3n) is 6.46. The molecule has 41 heavy (non-hydrogen) atoms. The largest absolute Gasteiger partial charge is 0.418 e. The Hall–Kier alpha value is -3.21. The molecule has 5 rings (SSSR count). The van der Waals surface area contributed by atoms with Gasteiger partial charge < -0.3 is 20.1 Å². The molecule has 2 aromatic carbocycles. The molecule has 1 aliphatic heterocycles. The number of nitrogens with zero attached hydrogens (tertiary/aromatic N) is 6. The molecular weight excluding hydrogens is 602 g/mol. The second-order valence-corrected chi connectivity index (χ2v) is 10.0. The van der Waals surface area contributed by atoms with Crippen LogP contribution in [0.5, 0.6) is 0 Å². The lowest BCUT2D eigenvalue weighted by atomic mass is 9.92. The van der Waals surface area contributed by atoms with Crippen LogP contribution in [0.3, 0.4) is 0 Å². The summed E-state index contributed by atoms with van der Waals surface area (Å²) in [6.07, 6.45) is -10.2. The molecule has 1 saturated heterocycles. The summed E-state index contributed by atoms with van der Waals surface area (Å²) in [4.78, 5) is 4.16. The summed E-state index contributed by atoms with van der Waals surface area (Å²) < 4.78 is 78.0. The van der Waals surface area contributed by atoms with Gasteiger partial charge in [0, 0.05) is 10.0 Å². The maximum atomic E-state index is 14.5. The van der Waals surface area contributed by atoms with Gasteiger partial charge in [0.1, 0.15) is 53.6 Å². The second-order valence-electron chi connectivity index (χ2n) is 9.17. The van der Waals surface area contributed by atoms with Gasteiger partial charge in [-0.3, -0.25) is 0 Å². The number of rotatable bonds is 5. The van der Waals surface area contributed by atoms with E-state index in [9.17, 15) is 37.3 Å². The quantitative estimate of drug-likeness (QED) is 0.287. The van der Waals surface area contributed by atoms with E-state index >= 15 is 0 Å². The van der Waals surface area contributed by atoms with Crippen LogP contribution in [0.1, 0.15) is 29.4 Å². The molecule has 2 aromatic heterocycles. The number of halogens is 7. The van der Waals surface area contributed by atoms with Gasteiger partial charge >= 0.3 is 6.18 Å². The Morgan fingerprint density at radius 2 is 1.71 bits per heavy atom. The Balaban J connectivity index is 1.59. The van der Waals surface area contributed by atoms with E-state index in [1.807, 2.05) is 0 Å². The third-order valence-corrected chi connectivity index (χ3v) is 6.91. The van der Waals surface area contributed by atoms with Crippen LogP contribution in [-0.4, -0.2) is 70.0 Å². The Morgan fingerprint density at radius 3 is 2.34 bits per heavy atom. The zero-order valence-corrected chi connectivity index (χ0v) is 22.1. The molecule has 17 heteroatoms. The normalized spacial score (nSPS) is 23.2. The molecule has 1 aliphatic rings. The van der Waals surface area contributed by atoms with Crippen molar-refractivity contribution in [2.24, 2.45) is 0 Å². The zero-order valence-electron chi connectivity index (χ0n) is 20.6. The molecular formula is C24H19Cl2F5N6O4. The van der Waals surface area contributed by atoms with Crippen molar-refractivity contribution in [2.45, 2.75) is 43.6 Å². The highest BCUT2D eigenvalue weighted by atomic mass is 35.5. The second kappa shape index (κ2) is 10.9. The third kappa shape index (κ3) is 5.40. The van der Waals surface area contributed by atoms with Crippen LogP contribution in [0.15, 0.2) is 36.5 Å². The predicted molar refractivity (Wildman–Crippen MR) is 132 cm³/mol. The van der Waals surface area contributed by atoms with Crippen molar-refractivity contribution < 1.29 is 42.0 Å². The van der Waals surface area contributed by atoms with Crippen LogP contribution in [-0.2, 0) is 10.9 Å². The molecule has 0 spiro atoms. The van der Waals surface area contributed by atoms with E-state index in [1.54, 1.807) is 0 Å². The van der Waals surface area contributed by atoms with Crippen LogP contribution in [0.25, 0.3) is 16.9 Å². The smallest absolute Gasteiger partial charge is 0.394 e. The predicted octanol–water partition coefficient (Wildman–Crippen LogP) is 3.83. The fourth-order valence-corrected chi connectivity index (χ4v) is 5.02. The number of benzene rings is 2. The van der Waals surface area contributed by atoms with E-state index in [0.29, 0.717) is 0 Å². The molecule has 0 amide bonds. The lowest BCUT2D eigenvalue weighted by Crippen LogP contribution is -2.53. The van der Waals surface area contributed by atoms with Crippen molar-refractivity contribution in [1.29, 1.82) is 0 Å². The van der Waals surface area contributed by atoms with E-state index in [0.717, 1.165) is 45.9 Å². The van der Waals surface area contributed by atoms with Gasteiger partial charge in [-0.05, 0) is 37.3 Å². The van der Waals surface area contributed by atoms with Gasteiger partial charge in [-0.15, -0.1) is 5.10 Å². The van der Waals surface area contributed by atoms with E-state index in [4.69, 9.17) is 27.9 Å². The Kier molecular flexibility index (Phi) is 7.78. The fraction of sp³-hybridized carbons (Fsp3) is 0.333. The molecule has 5 atom stereocenters. The van der Waals surface area contributed by atoms with Gasteiger partial charge in [-0.25, -0.2) is 23.1 Å². The molecule has 4 aromatic rings. The summed E-state index contributed by atoms with van der Waals surface area (Å²) in [6, 6.07) is 3.05. The highest BCUT2D eigenvalue weighted by molar-refractivity contribution is 6.31. The average molecular weight is 621 g/mol. The highest BCUT2D eigenvalue weighted by Gasteiger charge is 2.49. The van der Waals surface area contributed by atoms with Gasteiger partial charge in [0.25, 0.3) is 0 Å². The van der Waals surface area contributed by atoms with Gasteiger partial charge in [0.15, 0.2) is 5.82 Å². The van der Waals surface area contributed by atoms with Gasteiger partial charge in [-0.2, -0.15) is 18.3 Å². The summed E-state index contributed by atoms with van der Waals surface area (Å²) in [5.74, 6) is -2.41.